The van der Waals surface area contributed by atoms with Gasteiger partial charge in [0, 0.05) is 43.8 Å². The molecule has 1 N–H and O–H groups in total. The van der Waals surface area contributed by atoms with Crippen LogP contribution >= 0.6 is 0 Å². The van der Waals surface area contributed by atoms with Gasteiger partial charge in [0.2, 0.25) is 0 Å². The lowest BCUT2D eigenvalue weighted by Gasteiger charge is -2.29. The molecule has 2 aromatic rings. The first kappa shape index (κ1) is 17.7. The minimum absolute atomic E-state index is 0.208. The number of amides is 2. The third kappa shape index (κ3) is 4.36. The van der Waals surface area contributed by atoms with E-state index >= 15 is 0 Å². The number of pyridine rings is 1. The smallest absolute Gasteiger partial charge is 0.322 e. The number of rotatable bonds is 5. The molecule has 2 fully saturated rings. The van der Waals surface area contributed by atoms with Gasteiger partial charge in [-0.1, -0.05) is 6.07 Å². The summed E-state index contributed by atoms with van der Waals surface area (Å²) < 4.78 is 19.9. The van der Waals surface area contributed by atoms with Crippen LogP contribution in [0.25, 0.3) is 0 Å². The topological polar surface area (TPSA) is 57.7 Å². The molecule has 1 aromatic carbocycles. The summed E-state index contributed by atoms with van der Waals surface area (Å²) in [7, 11) is 0. The van der Waals surface area contributed by atoms with Crippen molar-refractivity contribution in [3.8, 4) is 0 Å². The Hall–Kier alpha value is -2.67. The second-order valence-electron chi connectivity index (χ2n) is 6.92. The van der Waals surface area contributed by atoms with E-state index in [1.807, 2.05) is 17.0 Å². The molecule has 2 heterocycles. The fourth-order valence-corrected chi connectivity index (χ4v) is 3.28. The van der Waals surface area contributed by atoms with E-state index in [-0.39, 0.29) is 17.9 Å². The van der Waals surface area contributed by atoms with Gasteiger partial charge in [-0.3, -0.25) is 4.98 Å². The van der Waals surface area contributed by atoms with Crippen LogP contribution < -0.4 is 10.2 Å². The van der Waals surface area contributed by atoms with E-state index in [0.29, 0.717) is 44.2 Å². The Bertz CT molecular complexity index is 792. The number of morpholine rings is 1. The van der Waals surface area contributed by atoms with Crippen molar-refractivity contribution in [2.75, 3.05) is 36.5 Å². The van der Waals surface area contributed by atoms with Crippen molar-refractivity contribution in [3.05, 3.63) is 54.1 Å². The molecule has 27 heavy (non-hydrogen) atoms. The van der Waals surface area contributed by atoms with E-state index in [0.717, 1.165) is 18.4 Å². The number of carbonyl (C=O) groups is 1. The number of ether oxygens (including phenoxy) is 1. The van der Waals surface area contributed by atoms with Crippen molar-refractivity contribution in [1.29, 1.82) is 0 Å². The van der Waals surface area contributed by atoms with Gasteiger partial charge in [0.1, 0.15) is 5.82 Å². The predicted octanol–water partition coefficient (Wildman–Crippen LogP) is 3.25. The lowest BCUT2D eigenvalue weighted by Crippen LogP contribution is -2.37. The summed E-state index contributed by atoms with van der Waals surface area (Å²) in [6.07, 6.45) is 5.47. The number of nitrogens with one attached hydrogen (secondary N) is 1. The SMILES string of the molecule is O=C(Nc1ccc(N2CCOCC2)c(F)c1)N(Cc1cccnc1)C1CC1. The number of nitrogens with zero attached hydrogens (tertiary/aromatic N) is 3. The van der Waals surface area contributed by atoms with Crippen LogP contribution in [-0.4, -0.2) is 48.3 Å². The third-order valence-corrected chi connectivity index (χ3v) is 4.87. The number of urea groups is 1. The maximum atomic E-state index is 14.5. The summed E-state index contributed by atoms with van der Waals surface area (Å²) in [5.74, 6) is -0.333. The van der Waals surface area contributed by atoms with Crippen LogP contribution in [0.3, 0.4) is 0 Å². The Labute approximate surface area is 157 Å². The lowest BCUT2D eigenvalue weighted by atomic mass is 10.2. The van der Waals surface area contributed by atoms with Crippen LogP contribution in [0.1, 0.15) is 18.4 Å². The molecule has 4 rings (SSSR count). The predicted molar refractivity (Wildman–Crippen MR) is 101 cm³/mol. The number of aromatic nitrogens is 1. The fraction of sp³-hybridized carbons (Fsp3) is 0.400. The first-order valence-corrected chi connectivity index (χ1v) is 9.29. The Balaban J connectivity index is 1.44. The summed E-state index contributed by atoms with van der Waals surface area (Å²) in [5, 5.41) is 2.84. The highest BCUT2D eigenvalue weighted by atomic mass is 19.1. The maximum Gasteiger partial charge on any atom is 0.322 e. The molecule has 6 nitrogen and oxygen atoms in total. The van der Waals surface area contributed by atoms with Crippen LogP contribution in [0.4, 0.5) is 20.6 Å². The number of benzene rings is 1. The van der Waals surface area contributed by atoms with Gasteiger partial charge in [-0.15, -0.1) is 0 Å². The maximum absolute atomic E-state index is 14.5. The van der Waals surface area contributed by atoms with Gasteiger partial charge >= 0.3 is 6.03 Å². The highest BCUT2D eigenvalue weighted by molar-refractivity contribution is 5.90. The molecule has 7 heteroatoms. The quantitative estimate of drug-likeness (QED) is 0.878. The molecule has 1 aliphatic carbocycles. The van der Waals surface area contributed by atoms with Crippen LogP contribution in [0.2, 0.25) is 0 Å². The van der Waals surface area contributed by atoms with Gasteiger partial charge in [-0.25, -0.2) is 9.18 Å². The molecule has 0 radical (unpaired) electrons. The monoisotopic (exact) mass is 370 g/mol. The lowest BCUT2D eigenvalue weighted by molar-refractivity contribution is 0.122. The van der Waals surface area contributed by atoms with Crippen LogP contribution in [-0.2, 0) is 11.3 Å². The summed E-state index contributed by atoms with van der Waals surface area (Å²) in [4.78, 5) is 20.6. The molecule has 1 aromatic heterocycles. The van der Waals surface area contributed by atoms with Crippen LogP contribution in [0, 0.1) is 5.82 Å². The van der Waals surface area contributed by atoms with Crippen molar-refractivity contribution in [3.63, 3.8) is 0 Å². The number of halogens is 1. The van der Waals surface area contributed by atoms with E-state index < -0.39 is 0 Å². The molecular formula is C20H23FN4O2. The number of anilines is 2. The molecule has 1 saturated carbocycles. The minimum Gasteiger partial charge on any atom is -0.378 e. The van der Waals surface area contributed by atoms with Gasteiger partial charge in [0.25, 0.3) is 0 Å². The van der Waals surface area contributed by atoms with E-state index in [9.17, 15) is 9.18 Å². The van der Waals surface area contributed by atoms with Crippen molar-refractivity contribution >= 4 is 17.4 Å². The molecule has 2 amide bonds. The molecule has 0 spiro atoms. The van der Waals surface area contributed by atoms with Crippen LogP contribution in [0.15, 0.2) is 42.7 Å². The Morgan fingerprint density at radius 2 is 2.11 bits per heavy atom. The summed E-state index contributed by atoms with van der Waals surface area (Å²) in [6.45, 7) is 3.04. The first-order valence-electron chi connectivity index (χ1n) is 9.29. The van der Waals surface area contributed by atoms with Gasteiger partial charge < -0.3 is 19.9 Å². The highest BCUT2D eigenvalue weighted by Gasteiger charge is 2.32. The standard InChI is InChI=1S/C20H23FN4O2/c21-18-12-16(3-6-19(18)24-8-10-27-11-9-24)23-20(26)25(17-4-5-17)14-15-2-1-7-22-13-15/h1-3,6-7,12-13,17H,4-5,8-11,14H2,(H,23,26). The zero-order valence-electron chi connectivity index (χ0n) is 15.1. The summed E-state index contributed by atoms with van der Waals surface area (Å²) >= 11 is 0. The first-order chi connectivity index (χ1) is 13.2. The Morgan fingerprint density at radius 3 is 2.78 bits per heavy atom. The third-order valence-electron chi connectivity index (χ3n) is 4.87. The van der Waals surface area contributed by atoms with Crippen LogP contribution in [0.5, 0.6) is 0 Å². The molecule has 1 saturated heterocycles. The van der Waals surface area contributed by atoms with Crippen molar-refractivity contribution in [1.82, 2.24) is 9.88 Å². The van der Waals surface area contributed by atoms with Gasteiger partial charge in [0.05, 0.1) is 18.9 Å². The summed E-state index contributed by atoms with van der Waals surface area (Å²) in [6, 6.07) is 8.70. The molecule has 1 aliphatic heterocycles. The highest BCUT2D eigenvalue weighted by Crippen LogP contribution is 2.29. The van der Waals surface area contributed by atoms with Crippen molar-refractivity contribution < 1.29 is 13.9 Å². The molecule has 142 valence electrons. The fourth-order valence-electron chi connectivity index (χ4n) is 3.28. The average molecular weight is 370 g/mol. The molecule has 2 aliphatic rings. The summed E-state index contributed by atoms with van der Waals surface area (Å²) in [5.41, 5.74) is 1.99. The zero-order valence-corrected chi connectivity index (χ0v) is 15.1. The minimum atomic E-state index is -0.333. The molecule has 0 unspecified atom stereocenters. The normalized spacial score (nSPS) is 16.9. The molecule has 0 bridgehead atoms. The van der Waals surface area contributed by atoms with E-state index in [4.69, 9.17) is 4.74 Å². The van der Waals surface area contributed by atoms with E-state index in [1.165, 1.54) is 6.07 Å². The van der Waals surface area contributed by atoms with Crippen molar-refractivity contribution in [2.24, 2.45) is 0 Å². The average Bonchev–Trinajstić information content (AvgIpc) is 3.53. The number of carbonyl (C=O) groups excluding carboxylic acids is 1. The molecule has 0 atom stereocenters. The van der Waals surface area contributed by atoms with E-state index in [1.54, 1.807) is 29.4 Å². The second-order valence-corrected chi connectivity index (χ2v) is 6.92. The van der Waals surface area contributed by atoms with Gasteiger partial charge in [-0.2, -0.15) is 0 Å². The van der Waals surface area contributed by atoms with Gasteiger partial charge in [-0.05, 0) is 42.7 Å². The zero-order chi connectivity index (χ0) is 18.6. The number of hydrogen-bond acceptors (Lipinski definition) is 4. The Morgan fingerprint density at radius 1 is 1.30 bits per heavy atom. The Kier molecular flexibility index (Phi) is 5.20. The second kappa shape index (κ2) is 7.92. The largest absolute Gasteiger partial charge is 0.378 e. The van der Waals surface area contributed by atoms with Crippen molar-refractivity contribution in [2.45, 2.75) is 25.4 Å². The van der Waals surface area contributed by atoms with E-state index in [2.05, 4.69) is 10.3 Å². The number of hydrogen-bond donors (Lipinski definition) is 1. The molecular weight excluding hydrogens is 347 g/mol. The van der Waals surface area contributed by atoms with Gasteiger partial charge in [0.15, 0.2) is 0 Å².